The van der Waals surface area contributed by atoms with Crippen LogP contribution in [0.3, 0.4) is 0 Å². The summed E-state index contributed by atoms with van der Waals surface area (Å²) in [6.07, 6.45) is 12.6. The predicted molar refractivity (Wildman–Crippen MR) is 116 cm³/mol. The summed E-state index contributed by atoms with van der Waals surface area (Å²) in [4.78, 5) is 9.91. The van der Waals surface area contributed by atoms with Gasteiger partial charge in [0.05, 0.1) is 18.4 Å². The summed E-state index contributed by atoms with van der Waals surface area (Å²) in [6, 6.07) is 7.18. The molecule has 0 saturated carbocycles. The van der Waals surface area contributed by atoms with E-state index in [0.717, 1.165) is 35.7 Å². The van der Waals surface area contributed by atoms with Gasteiger partial charge in [-0.25, -0.2) is 23.0 Å². The molecule has 0 amide bonds. The second-order valence-electron chi connectivity index (χ2n) is 7.87. The van der Waals surface area contributed by atoms with E-state index in [0.29, 0.717) is 23.6 Å². The van der Waals surface area contributed by atoms with Gasteiger partial charge in [-0.2, -0.15) is 10.2 Å². The summed E-state index contributed by atoms with van der Waals surface area (Å²) < 4.78 is 31.7. The minimum Gasteiger partial charge on any atom is -0.367 e. The fraction of sp³-hybridized carbons (Fsp3) is 0.174. The lowest BCUT2D eigenvalue weighted by molar-refractivity contribution is 0.560. The average molecular weight is 431 g/mol. The zero-order valence-electron chi connectivity index (χ0n) is 17.0. The number of H-pyrrole nitrogens is 1. The third-order valence-electron chi connectivity index (χ3n) is 5.96. The van der Waals surface area contributed by atoms with Crippen molar-refractivity contribution in [1.82, 2.24) is 29.4 Å². The van der Waals surface area contributed by atoms with Crippen LogP contribution in [-0.2, 0) is 0 Å². The van der Waals surface area contributed by atoms with E-state index in [1.54, 1.807) is 21.6 Å². The van der Waals surface area contributed by atoms with Crippen molar-refractivity contribution in [2.45, 2.75) is 18.9 Å². The van der Waals surface area contributed by atoms with Gasteiger partial charge in [-0.05, 0) is 43.2 Å². The maximum Gasteiger partial charge on any atom is 0.183 e. The van der Waals surface area contributed by atoms with Gasteiger partial charge in [-0.1, -0.05) is 0 Å². The van der Waals surface area contributed by atoms with Crippen molar-refractivity contribution in [3.63, 3.8) is 0 Å². The van der Waals surface area contributed by atoms with Crippen molar-refractivity contribution in [2.24, 2.45) is 0 Å². The minimum absolute atomic E-state index is 0.267. The summed E-state index contributed by atoms with van der Waals surface area (Å²) in [5.41, 5.74) is 3.75. The maximum atomic E-state index is 14.5. The summed E-state index contributed by atoms with van der Waals surface area (Å²) in [5, 5.41) is 8.88. The Morgan fingerprint density at radius 3 is 2.84 bits per heavy atom. The number of anilines is 1. The molecular weight excluding hydrogens is 412 g/mol. The molecule has 32 heavy (non-hydrogen) atoms. The zero-order chi connectivity index (χ0) is 21.7. The lowest BCUT2D eigenvalue weighted by atomic mass is 10.0. The number of nitrogens with zero attached hydrogens (tertiary/aromatic N) is 6. The summed E-state index contributed by atoms with van der Waals surface area (Å²) in [5.74, 6) is -0.140. The first-order valence-electron chi connectivity index (χ1n) is 10.4. The number of nitrogens with one attached hydrogen (secondary N) is 1. The van der Waals surface area contributed by atoms with Crippen LogP contribution in [0.25, 0.3) is 22.5 Å². The van der Waals surface area contributed by atoms with Gasteiger partial charge in [0.1, 0.15) is 23.1 Å². The highest BCUT2D eigenvalue weighted by Crippen LogP contribution is 2.37. The Bertz CT molecular complexity index is 1400. The molecule has 4 aromatic heterocycles. The van der Waals surface area contributed by atoms with Crippen molar-refractivity contribution in [1.29, 1.82) is 0 Å². The van der Waals surface area contributed by atoms with Gasteiger partial charge in [0, 0.05) is 48.0 Å². The van der Waals surface area contributed by atoms with Crippen LogP contribution < -0.4 is 4.90 Å². The van der Waals surface area contributed by atoms with Crippen LogP contribution in [0.2, 0.25) is 0 Å². The molecule has 5 heterocycles. The Balaban J connectivity index is 1.39. The number of aromatic nitrogens is 6. The first-order chi connectivity index (χ1) is 15.7. The SMILES string of the molecule is Fc1ccc(F)c([C@@H]2CCCN2c2ccn3ncc(-n4cc(-c5cc[nH]c5)cn4)c3n2)c1. The van der Waals surface area contributed by atoms with Crippen molar-refractivity contribution in [2.75, 3.05) is 11.4 Å². The monoisotopic (exact) mass is 431 g/mol. The second-order valence-corrected chi connectivity index (χ2v) is 7.87. The minimum atomic E-state index is -0.438. The standard InChI is InChI=1S/C23H19F2N7/c24-17-3-4-19(25)18(10-17)20-2-1-8-30(20)22-6-9-31-23(29-22)21(13-28-31)32-14-16(12-27-32)15-5-7-26-11-15/h3-7,9-14,20,26H,1-2,8H2/t20-/m0/s1. The number of halogens is 2. The van der Waals surface area contributed by atoms with Gasteiger partial charge in [0.25, 0.3) is 0 Å². The van der Waals surface area contributed by atoms with Crippen LogP contribution in [0.5, 0.6) is 0 Å². The highest BCUT2D eigenvalue weighted by Gasteiger charge is 2.30. The summed E-state index contributed by atoms with van der Waals surface area (Å²) in [7, 11) is 0. The first-order valence-corrected chi connectivity index (χ1v) is 10.4. The second kappa shape index (κ2) is 7.30. The third-order valence-corrected chi connectivity index (χ3v) is 5.96. The predicted octanol–water partition coefficient (Wildman–Crippen LogP) is 4.53. The van der Waals surface area contributed by atoms with E-state index < -0.39 is 11.6 Å². The van der Waals surface area contributed by atoms with E-state index in [1.807, 2.05) is 41.8 Å². The molecule has 5 aromatic rings. The van der Waals surface area contributed by atoms with Crippen molar-refractivity contribution < 1.29 is 8.78 Å². The number of hydrogen-bond acceptors (Lipinski definition) is 4. The molecule has 9 heteroatoms. The van der Waals surface area contributed by atoms with Crippen molar-refractivity contribution >= 4 is 11.5 Å². The molecule has 160 valence electrons. The molecule has 1 saturated heterocycles. The molecule has 1 aliphatic rings. The van der Waals surface area contributed by atoms with Gasteiger partial charge in [0.15, 0.2) is 5.65 Å². The normalized spacial score (nSPS) is 16.3. The number of rotatable bonds is 4. The molecule has 1 aliphatic heterocycles. The average Bonchev–Trinajstić information content (AvgIpc) is 3.60. The molecule has 1 fully saturated rings. The Kier molecular flexibility index (Phi) is 4.27. The Morgan fingerprint density at radius 2 is 1.97 bits per heavy atom. The quantitative estimate of drug-likeness (QED) is 0.454. The molecule has 7 nitrogen and oxygen atoms in total. The van der Waals surface area contributed by atoms with Gasteiger partial charge >= 0.3 is 0 Å². The summed E-state index contributed by atoms with van der Waals surface area (Å²) in [6.45, 7) is 0.715. The molecule has 1 N–H and O–H groups in total. The molecule has 0 bridgehead atoms. The highest BCUT2D eigenvalue weighted by atomic mass is 19.1. The molecular formula is C23H19F2N7. The van der Waals surface area contributed by atoms with Crippen LogP contribution in [0, 0.1) is 11.6 Å². The topological polar surface area (TPSA) is 67.0 Å². The van der Waals surface area contributed by atoms with Crippen LogP contribution >= 0.6 is 0 Å². The molecule has 0 unspecified atom stereocenters. The molecule has 1 atom stereocenters. The van der Waals surface area contributed by atoms with Gasteiger partial charge in [-0.15, -0.1) is 0 Å². The van der Waals surface area contributed by atoms with E-state index in [1.165, 1.54) is 12.1 Å². The number of hydrogen-bond donors (Lipinski definition) is 1. The maximum absolute atomic E-state index is 14.5. The lowest BCUT2D eigenvalue weighted by Crippen LogP contribution is -2.24. The van der Waals surface area contributed by atoms with E-state index >= 15 is 0 Å². The molecule has 0 aliphatic carbocycles. The molecule has 6 rings (SSSR count). The van der Waals surface area contributed by atoms with Crippen LogP contribution in [0.1, 0.15) is 24.4 Å². The number of benzene rings is 1. The first kappa shape index (κ1) is 18.7. The molecule has 1 aromatic carbocycles. The van der Waals surface area contributed by atoms with E-state index in [-0.39, 0.29) is 6.04 Å². The van der Waals surface area contributed by atoms with E-state index in [9.17, 15) is 8.78 Å². The Hall–Kier alpha value is -4.01. The van der Waals surface area contributed by atoms with Crippen LogP contribution in [0.4, 0.5) is 14.6 Å². The van der Waals surface area contributed by atoms with Crippen LogP contribution in [-0.4, -0.2) is 35.9 Å². The Morgan fingerprint density at radius 1 is 1.03 bits per heavy atom. The van der Waals surface area contributed by atoms with Crippen molar-refractivity contribution in [3.8, 4) is 16.8 Å². The van der Waals surface area contributed by atoms with Gasteiger partial charge < -0.3 is 9.88 Å². The fourth-order valence-corrected chi connectivity index (χ4v) is 4.41. The molecule has 0 radical (unpaired) electrons. The lowest BCUT2D eigenvalue weighted by Gasteiger charge is -2.26. The highest BCUT2D eigenvalue weighted by molar-refractivity contribution is 5.65. The van der Waals surface area contributed by atoms with Gasteiger partial charge in [0.2, 0.25) is 0 Å². The fourth-order valence-electron chi connectivity index (χ4n) is 4.41. The summed E-state index contributed by atoms with van der Waals surface area (Å²) >= 11 is 0. The van der Waals surface area contributed by atoms with E-state index in [2.05, 4.69) is 15.2 Å². The van der Waals surface area contributed by atoms with Gasteiger partial charge in [-0.3, -0.25) is 0 Å². The zero-order valence-corrected chi connectivity index (χ0v) is 17.0. The Labute approximate surface area is 181 Å². The van der Waals surface area contributed by atoms with E-state index in [4.69, 9.17) is 4.98 Å². The number of fused-ring (bicyclic) bond motifs is 1. The van der Waals surface area contributed by atoms with Crippen LogP contribution in [0.15, 0.2) is 67.5 Å². The van der Waals surface area contributed by atoms with Crippen molar-refractivity contribution in [3.05, 3.63) is 84.7 Å². The molecule has 0 spiro atoms. The number of aromatic amines is 1. The largest absolute Gasteiger partial charge is 0.367 e. The smallest absolute Gasteiger partial charge is 0.183 e. The third kappa shape index (κ3) is 3.05.